The number of amides is 1. The second-order valence-electron chi connectivity index (χ2n) is 7.12. The molecule has 0 spiro atoms. The summed E-state index contributed by atoms with van der Waals surface area (Å²) in [6.45, 7) is -0.174. The second-order valence-corrected chi connectivity index (χ2v) is 8.79. The van der Waals surface area contributed by atoms with Crippen LogP contribution < -0.4 is 9.64 Å². The maximum absolute atomic E-state index is 12.8. The van der Waals surface area contributed by atoms with Gasteiger partial charge < -0.3 is 9.84 Å². The summed E-state index contributed by atoms with van der Waals surface area (Å²) in [4.78, 5) is 36.7. The van der Waals surface area contributed by atoms with Crippen LogP contribution in [0.25, 0.3) is 6.08 Å². The van der Waals surface area contributed by atoms with E-state index in [1.807, 2.05) is 30.3 Å². The van der Waals surface area contributed by atoms with Crippen molar-refractivity contribution in [2.45, 2.75) is 6.61 Å². The molecule has 0 radical (unpaired) electrons. The Morgan fingerprint density at radius 1 is 1.12 bits per heavy atom. The van der Waals surface area contributed by atoms with Gasteiger partial charge in [-0.3, -0.25) is 19.8 Å². The molecule has 0 unspecified atom stereocenters. The number of anilines is 1. The zero-order valence-electron chi connectivity index (χ0n) is 17.4. The van der Waals surface area contributed by atoms with Crippen molar-refractivity contribution >= 4 is 57.6 Å². The third-order valence-corrected chi connectivity index (χ3v) is 6.21. The maximum atomic E-state index is 12.8. The fourth-order valence-corrected chi connectivity index (χ4v) is 4.55. The van der Waals surface area contributed by atoms with Crippen molar-refractivity contribution in [2.75, 3.05) is 4.90 Å². The van der Waals surface area contributed by atoms with Gasteiger partial charge in [-0.05, 0) is 48.0 Å². The molecule has 4 rings (SSSR count). The summed E-state index contributed by atoms with van der Waals surface area (Å²) in [7, 11) is 0. The summed E-state index contributed by atoms with van der Waals surface area (Å²) in [6.07, 6.45) is 1.73. The van der Waals surface area contributed by atoms with Crippen molar-refractivity contribution in [1.29, 1.82) is 0 Å². The first-order chi connectivity index (χ1) is 16.3. The summed E-state index contributed by atoms with van der Waals surface area (Å²) in [5.41, 5.74) is 1.32. The summed E-state index contributed by atoms with van der Waals surface area (Å²) < 4.78 is 6.09. The predicted octanol–water partition coefficient (Wildman–Crippen LogP) is 5.28. The first-order valence-corrected chi connectivity index (χ1v) is 11.1. The minimum Gasteiger partial charge on any atom is -0.489 e. The Bertz CT molecular complexity index is 1320. The first-order valence-electron chi connectivity index (χ1n) is 9.90. The number of nitro groups is 1. The maximum Gasteiger partial charge on any atom is 0.335 e. The Hall–Kier alpha value is -4.02. The second kappa shape index (κ2) is 9.86. The average Bonchev–Trinajstić information content (AvgIpc) is 3.11. The number of rotatable bonds is 7. The molecule has 34 heavy (non-hydrogen) atoms. The number of hydrogen-bond donors (Lipinski definition) is 1. The van der Waals surface area contributed by atoms with E-state index in [-0.39, 0.29) is 29.3 Å². The SMILES string of the molecule is O=C(O)c1ccc([N+](=O)[O-])c(COc2ccc(/C=C3\SC(=S)N(c4ccccc4)C3=O)cc2)c1. The van der Waals surface area contributed by atoms with Crippen LogP contribution in [-0.2, 0) is 11.4 Å². The molecule has 1 heterocycles. The molecule has 10 heteroatoms. The summed E-state index contributed by atoms with van der Waals surface area (Å²) in [5, 5.41) is 20.4. The Kier molecular flexibility index (Phi) is 6.71. The molecule has 1 N–H and O–H groups in total. The van der Waals surface area contributed by atoms with E-state index < -0.39 is 10.9 Å². The lowest BCUT2D eigenvalue weighted by Gasteiger charge is -2.13. The third-order valence-electron chi connectivity index (χ3n) is 4.90. The fraction of sp³-hybridized carbons (Fsp3) is 0.0417. The number of hydrogen-bond acceptors (Lipinski definition) is 7. The monoisotopic (exact) mass is 492 g/mol. The van der Waals surface area contributed by atoms with E-state index in [0.717, 1.165) is 11.6 Å². The Balaban J connectivity index is 1.47. The van der Waals surface area contributed by atoms with Crippen molar-refractivity contribution in [1.82, 2.24) is 0 Å². The summed E-state index contributed by atoms with van der Waals surface area (Å²) in [5.74, 6) is -0.950. The smallest absolute Gasteiger partial charge is 0.335 e. The number of nitro benzene ring substituents is 1. The molecule has 1 saturated heterocycles. The van der Waals surface area contributed by atoms with Crippen LogP contribution in [0.5, 0.6) is 5.75 Å². The van der Waals surface area contributed by atoms with Gasteiger partial charge in [0.05, 0.1) is 26.6 Å². The normalized spacial score (nSPS) is 14.5. The number of carbonyl (C=O) groups excluding carboxylic acids is 1. The van der Waals surface area contributed by atoms with E-state index in [1.165, 1.54) is 28.8 Å². The molecule has 1 fully saturated rings. The van der Waals surface area contributed by atoms with Crippen LogP contribution >= 0.6 is 24.0 Å². The first kappa shape index (κ1) is 23.1. The number of carboxylic acids is 1. The molecule has 3 aromatic rings. The van der Waals surface area contributed by atoms with E-state index in [0.29, 0.717) is 20.7 Å². The fourth-order valence-electron chi connectivity index (χ4n) is 3.25. The molecule has 0 aliphatic carbocycles. The number of benzene rings is 3. The van der Waals surface area contributed by atoms with Crippen LogP contribution in [0.15, 0.2) is 77.7 Å². The van der Waals surface area contributed by atoms with Gasteiger partial charge in [0, 0.05) is 6.07 Å². The number of thiocarbonyl (C=S) groups is 1. The quantitative estimate of drug-likeness (QED) is 0.205. The van der Waals surface area contributed by atoms with Crippen LogP contribution in [0.3, 0.4) is 0 Å². The largest absolute Gasteiger partial charge is 0.489 e. The van der Waals surface area contributed by atoms with Gasteiger partial charge in [-0.1, -0.05) is 54.3 Å². The van der Waals surface area contributed by atoms with Crippen molar-refractivity contribution in [3.63, 3.8) is 0 Å². The zero-order valence-corrected chi connectivity index (χ0v) is 19.0. The van der Waals surface area contributed by atoms with Crippen LogP contribution in [-0.4, -0.2) is 26.2 Å². The number of thioether (sulfide) groups is 1. The van der Waals surface area contributed by atoms with Crippen molar-refractivity contribution in [3.05, 3.63) is 105 Å². The molecule has 8 nitrogen and oxygen atoms in total. The molecular formula is C24H16N2O6S2. The van der Waals surface area contributed by atoms with Gasteiger partial charge >= 0.3 is 5.97 Å². The van der Waals surface area contributed by atoms with Crippen molar-refractivity contribution < 1.29 is 24.4 Å². The topological polar surface area (TPSA) is 110 Å². The van der Waals surface area contributed by atoms with Gasteiger partial charge in [0.2, 0.25) is 0 Å². The molecule has 3 aromatic carbocycles. The molecule has 1 aliphatic rings. The Labute approximate surface area is 203 Å². The average molecular weight is 493 g/mol. The Morgan fingerprint density at radius 2 is 1.82 bits per heavy atom. The molecule has 1 amide bonds. The van der Waals surface area contributed by atoms with E-state index in [4.69, 9.17) is 22.1 Å². The van der Waals surface area contributed by atoms with Crippen LogP contribution in [0, 0.1) is 10.1 Å². The van der Waals surface area contributed by atoms with E-state index in [2.05, 4.69) is 0 Å². The summed E-state index contributed by atoms with van der Waals surface area (Å²) in [6, 6.07) is 19.5. The van der Waals surface area contributed by atoms with E-state index >= 15 is 0 Å². The third kappa shape index (κ3) is 4.98. The molecular weight excluding hydrogens is 476 g/mol. The lowest BCUT2D eigenvalue weighted by Crippen LogP contribution is -2.27. The van der Waals surface area contributed by atoms with E-state index in [9.17, 15) is 19.7 Å². The van der Waals surface area contributed by atoms with Gasteiger partial charge in [0.25, 0.3) is 11.6 Å². The van der Waals surface area contributed by atoms with Gasteiger partial charge in [-0.15, -0.1) is 0 Å². The number of para-hydroxylation sites is 1. The molecule has 0 saturated carbocycles. The van der Waals surface area contributed by atoms with Gasteiger partial charge in [-0.25, -0.2) is 4.79 Å². The van der Waals surface area contributed by atoms with E-state index in [1.54, 1.807) is 30.3 Å². The minimum atomic E-state index is -1.18. The number of aromatic carboxylic acids is 1. The number of carbonyl (C=O) groups is 2. The van der Waals surface area contributed by atoms with Crippen LogP contribution in [0.4, 0.5) is 11.4 Å². The molecule has 1 aliphatic heterocycles. The van der Waals surface area contributed by atoms with Gasteiger partial charge in [0.1, 0.15) is 12.4 Å². The standard InChI is InChI=1S/C24H16N2O6S2/c27-22-21(34-24(33)25(22)18-4-2-1-3-5-18)12-15-6-9-19(10-7-15)32-14-17-13-16(23(28)29)8-11-20(17)26(30)31/h1-13H,14H2,(H,28,29)/b21-12-. The van der Waals surface area contributed by atoms with Gasteiger partial charge in [0.15, 0.2) is 4.32 Å². The molecule has 0 bridgehead atoms. The Morgan fingerprint density at radius 3 is 2.47 bits per heavy atom. The summed E-state index contributed by atoms with van der Waals surface area (Å²) >= 11 is 6.59. The highest BCUT2D eigenvalue weighted by atomic mass is 32.2. The predicted molar refractivity (Wildman–Crippen MR) is 133 cm³/mol. The number of ether oxygens (including phenoxy) is 1. The minimum absolute atomic E-state index is 0.0626. The zero-order chi connectivity index (χ0) is 24.2. The molecule has 170 valence electrons. The van der Waals surface area contributed by atoms with Crippen molar-refractivity contribution in [3.8, 4) is 5.75 Å². The highest BCUT2D eigenvalue weighted by Crippen LogP contribution is 2.36. The van der Waals surface area contributed by atoms with Crippen LogP contribution in [0.1, 0.15) is 21.5 Å². The number of nitrogens with zero attached hydrogens (tertiary/aromatic N) is 2. The molecule has 0 aromatic heterocycles. The van der Waals surface area contributed by atoms with Crippen molar-refractivity contribution in [2.24, 2.45) is 0 Å². The lowest BCUT2D eigenvalue weighted by atomic mass is 10.1. The van der Waals surface area contributed by atoms with Gasteiger partial charge in [-0.2, -0.15) is 0 Å². The van der Waals surface area contributed by atoms with Crippen LogP contribution in [0.2, 0.25) is 0 Å². The highest BCUT2D eigenvalue weighted by Gasteiger charge is 2.33. The highest BCUT2D eigenvalue weighted by molar-refractivity contribution is 8.27. The lowest BCUT2D eigenvalue weighted by molar-refractivity contribution is -0.385. The molecule has 0 atom stereocenters. The number of carboxylic acid groups (broad SMARTS) is 1.